The highest BCUT2D eigenvalue weighted by Crippen LogP contribution is 2.35. The van der Waals surface area contributed by atoms with E-state index in [2.05, 4.69) is 9.98 Å². The molecule has 1 aromatic heterocycles. The molecule has 30 heavy (non-hydrogen) atoms. The first-order valence-electron chi connectivity index (χ1n) is 8.66. The fourth-order valence-electron chi connectivity index (χ4n) is 3.06. The maximum absolute atomic E-state index is 14.7. The van der Waals surface area contributed by atoms with E-state index < -0.39 is 33.0 Å². The number of hydrogen-bond donors (Lipinski definition) is 1. The van der Waals surface area contributed by atoms with Gasteiger partial charge < -0.3 is 10.5 Å². The Hall–Kier alpha value is -2.72. The van der Waals surface area contributed by atoms with E-state index in [0.717, 1.165) is 16.4 Å². The van der Waals surface area contributed by atoms with E-state index in [4.69, 9.17) is 22.1 Å². The molecule has 1 aliphatic heterocycles. The molecule has 0 saturated heterocycles. The van der Waals surface area contributed by atoms with E-state index in [-0.39, 0.29) is 33.6 Å². The van der Waals surface area contributed by atoms with Gasteiger partial charge in [0.25, 0.3) is 0 Å². The zero-order valence-electron chi connectivity index (χ0n) is 16.4. The molecular weight excluding hydrogens is 438 g/mol. The molecule has 0 saturated carbocycles. The lowest BCUT2D eigenvalue weighted by Gasteiger charge is -2.34. The average Bonchev–Trinajstić information content (AvgIpc) is 2.67. The number of hydrogen-bond acceptors (Lipinski definition) is 6. The minimum absolute atomic E-state index is 0.0229. The van der Waals surface area contributed by atoms with Crippen molar-refractivity contribution in [1.29, 1.82) is 0 Å². The third kappa shape index (κ3) is 4.10. The van der Waals surface area contributed by atoms with Gasteiger partial charge in [-0.25, -0.2) is 26.5 Å². The van der Waals surface area contributed by atoms with E-state index in [9.17, 15) is 17.2 Å². The van der Waals surface area contributed by atoms with Crippen molar-refractivity contribution in [3.63, 3.8) is 0 Å². The molecule has 3 rings (SSSR count). The van der Waals surface area contributed by atoms with Gasteiger partial charge >= 0.3 is 0 Å². The Morgan fingerprint density at radius 2 is 2.10 bits per heavy atom. The lowest BCUT2D eigenvalue weighted by molar-refractivity contribution is 0.414. The Morgan fingerprint density at radius 1 is 1.40 bits per heavy atom. The molecule has 2 heterocycles. The van der Waals surface area contributed by atoms with Crippen molar-refractivity contribution in [2.24, 2.45) is 10.7 Å². The third-order valence-corrected chi connectivity index (χ3v) is 6.95. The van der Waals surface area contributed by atoms with Crippen molar-refractivity contribution >= 4 is 39.5 Å². The van der Waals surface area contributed by atoms with Gasteiger partial charge in [-0.1, -0.05) is 17.7 Å². The molecule has 0 aliphatic carbocycles. The first kappa shape index (κ1) is 22.0. The Kier molecular flexibility index (Phi) is 5.74. The number of methoxy groups -OCH3 is 1. The molecule has 0 unspecified atom stereocenters. The molecular formula is C19H19ClF2N4O3S. The summed E-state index contributed by atoms with van der Waals surface area (Å²) in [6, 6.07) is 5.13. The lowest BCUT2D eigenvalue weighted by Crippen LogP contribution is -2.50. The average molecular weight is 457 g/mol. The standard InChI is InChI=1S/C19H19ClF2N4O3S/c1-19(10-30(27,28)26(2)18(23)25-19)12-6-11(4-5-14(12)21)7-15(22)16-8-17(29-3)13(20)9-24-16/h4-9H,10H2,1-3H3,(H2,23,25)/b15-7-/t19-/m0/s1. The van der Waals surface area contributed by atoms with Crippen molar-refractivity contribution in [3.05, 3.63) is 58.1 Å². The fraction of sp³-hybridized carbons (Fsp3) is 0.263. The predicted octanol–water partition coefficient (Wildman–Crippen LogP) is 3.16. The highest BCUT2D eigenvalue weighted by atomic mass is 35.5. The number of guanidine groups is 1. The number of ether oxygens (including phenoxy) is 1. The second-order valence-corrected chi connectivity index (χ2v) is 9.31. The van der Waals surface area contributed by atoms with Gasteiger partial charge in [0, 0.05) is 18.7 Å². The highest BCUT2D eigenvalue weighted by molar-refractivity contribution is 7.89. The van der Waals surface area contributed by atoms with Crippen LogP contribution in [0.4, 0.5) is 8.78 Å². The van der Waals surface area contributed by atoms with Crippen molar-refractivity contribution in [3.8, 4) is 5.75 Å². The lowest BCUT2D eigenvalue weighted by atomic mass is 9.92. The van der Waals surface area contributed by atoms with Crippen molar-refractivity contribution in [2.75, 3.05) is 19.9 Å². The van der Waals surface area contributed by atoms with Gasteiger partial charge in [0.05, 0.1) is 19.1 Å². The summed E-state index contributed by atoms with van der Waals surface area (Å²) in [5.41, 5.74) is 4.48. The number of pyridine rings is 1. The number of rotatable bonds is 4. The van der Waals surface area contributed by atoms with Crippen LogP contribution in [0.25, 0.3) is 11.9 Å². The van der Waals surface area contributed by atoms with Crippen LogP contribution in [-0.4, -0.2) is 43.6 Å². The maximum atomic E-state index is 14.7. The van der Waals surface area contributed by atoms with Crippen LogP contribution in [-0.2, 0) is 15.6 Å². The van der Waals surface area contributed by atoms with Crippen LogP contribution in [0.3, 0.4) is 0 Å². The van der Waals surface area contributed by atoms with Crippen LogP contribution >= 0.6 is 11.6 Å². The normalized spacial score (nSPS) is 21.3. The minimum Gasteiger partial charge on any atom is -0.495 e. The smallest absolute Gasteiger partial charge is 0.239 e. The SMILES string of the molecule is COc1cc(/C(F)=C/c2ccc(F)c([C@]3(C)CS(=O)(=O)N(C)C(N)=N3)c2)ncc1Cl. The third-order valence-electron chi connectivity index (χ3n) is 4.71. The summed E-state index contributed by atoms with van der Waals surface area (Å²) in [5.74, 6) is -1.89. The quantitative estimate of drug-likeness (QED) is 0.762. The Balaban J connectivity index is 2.05. The van der Waals surface area contributed by atoms with Crippen LogP contribution in [0.2, 0.25) is 5.02 Å². The van der Waals surface area contributed by atoms with Crippen LogP contribution in [0.1, 0.15) is 23.7 Å². The number of aromatic nitrogens is 1. The largest absolute Gasteiger partial charge is 0.495 e. The predicted molar refractivity (Wildman–Crippen MR) is 112 cm³/mol. The second-order valence-electron chi connectivity index (χ2n) is 6.90. The molecule has 0 fully saturated rings. The molecule has 2 aromatic rings. The topological polar surface area (TPSA) is 97.9 Å². The molecule has 2 N–H and O–H groups in total. The molecule has 11 heteroatoms. The van der Waals surface area contributed by atoms with Gasteiger partial charge in [-0.2, -0.15) is 0 Å². The summed E-state index contributed by atoms with van der Waals surface area (Å²) < 4.78 is 60.0. The molecule has 1 aliphatic rings. The van der Waals surface area contributed by atoms with Crippen LogP contribution < -0.4 is 10.5 Å². The molecule has 160 valence electrons. The summed E-state index contributed by atoms with van der Waals surface area (Å²) in [7, 11) is -1.13. The van der Waals surface area contributed by atoms with Crippen molar-refractivity contribution < 1.29 is 21.9 Å². The summed E-state index contributed by atoms with van der Waals surface area (Å²) in [6.45, 7) is 1.46. The van der Waals surface area contributed by atoms with Crippen LogP contribution in [0.15, 0.2) is 35.5 Å². The van der Waals surface area contributed by atoms with Crippen molar-refractivity contribution in [1.82, 2.24) is 9.29 Å². The second kappa shape index (κ2) is 7.84. The molecule has 0 spiro atoms. The first-order valence-corrected chi connectivity index (χ1v) is 10.6. The number of halogens is 3. The van der Waals surface area contributed by atoms with E-state index in [1.807, 2.05) is 0 Å². The molecule has 0 amide bonds. The Morgan fingerprint density at radius 3 is 2.73 bits per heavy atom. The van der Waals surface area contributed by atoms with E-state index in [1.54, 1.807) is 0 Å². The molecule has 1 atom stereocenters. The van der Waals surface area contributed by atoms with Gasteiger partial charge in [-0.15, -0.1) is 0 Å². The summed E-state index contributed by atoms with van der Waals surface area (Å²) >= 11 is 5.90. The van der Waals surface area contributed by atoms with E-state index >= 15 is 0 Å². The van der Waals surface area contributed by atoms with E-state index in [0.29, 0.717) is 0 Å². The van der Waals surface area contributed by atoms with Gasteiger partial charge in [-0.05, 0) is 30.7 Å². The zero-order chi connectivity index (χ0) is 22.3. The monoisotopic (exact) mass is 456 g/mol. The molecule has 7 nitrogen and oxygen atoms in total. The molecule has 0 radical (unpaired) electrons. The zero-order valence-corrected chi connectivity index (χ0v) is 17.9. The molecule has 1 aromatic carbocycles. The van der Waals surface area contributed by atoms with Gasteiger partial charge in [-0.3, -0.25) is 4.98 Å². The highest BCUT2D eigenvalue weighted by Gasteiger charge is 2.41. The minimum atomic E-state index is -3.79. The van der Waals surface area contributed by atoms with Crippen LogP contribution in [0, 0.1) is 5.82 Å². The number of benzene rings is 1. The van der Waals surface area contributed by atoms with Gasteiger partial charge in [0.15, 0.2) is 0 Å². The van der Waals surface area contributed by atoms with Gasteiger partial charge in [0.2, 0.25) is 16.0 Å². The maximum Gasteiger partial charge on any atom is 0.239 e. The van der Waals surface area contributed by atoms with Crippen molar-refractivity contribution in [2.45, 2.75) is 12.5 Å². The first-order chi connectivity index (χ1) is 14.0. The van der Waals surface area contributed by atoms with Gasteiger partial charge in [0.1, 0.15) is 33.6 Å². The Bertz CT molecular complexity index is 1170. The van der Waals surface area contributed by atoms with E-state index in [1.165, 1.54) is 45.5 Å². The molecule has 0 bridgehead atoms. The Labute approximate surface area is 177 Å². The number of aliphatic imine (C=N–C) groups is 1. The number of nitrogens with zero attached hydrogens (tertiary/aromatic N) is 3. The number of sulfonamides is 1. The fourth-order valence-corrected chi connectivity index (χ4v) is 4.69. The summed E-state index contributed by atoms with van der Waals surface area (Å²) in [5, 5.41) is 0.227. The summed E-state index contributed by atoms with van der Waals surface area (Å²) in [6.07, 6.45) is 2.39. The summed E-state index contributed by atoms with van der Waals surface area (Å²) in [4.78, 5) is 8.09. The number of nitrogens with two attached hydrogens (primary N) is 1. The van der Waals surface area contributed by atoms with Crippen LogP contribution in [0.5, 0.6) is 5.75 Å².